The number of nitriles is 1. The Kier molecular flexibility index (Phi) is 7.86. The molecule has 0 amide bonds. The summed E-state index contributed by atoms with van der Waals surface area (Å²) in [4.78, 5) is 0.918. The number of rotatable bonds is 9. The lowest BCUT2D eigenvalue weighted by Gasteiger charge is -2.49. The molecule has 2 N–H and O–H groups in total. The van der Waals surface area contributed by atoms with E-state index in [1.807, 2.05) is 13.0 Å². The number of hydrogen-bond acceptors (Lipinski definition) is 6. The minimum atomic E-state index is -0.598. The number of benzene rings is 2. The molecule has 0 radical (unpaired) electrons. The Labute approximate surface area is 189 Å². The first-order chi connectivity index (χ1) is 14.3. The molecule has 1 heterocycles. The van der Waals surface area contributed by atoms with Crippen molar-refractivity contribution in [3.63, 3.8) is 0 Å². The van der Waals surface area contributed by atoms with E-state index in [9.17, 15) is 9.50 Å². The van der Waals surface area contributed by atoms with Crippen molar-refractivity contribution in [2.24, 2.45) is 5.41 Å². The van der Waals surface area contributed by atoms with E-state index >= 15 is 0 Å². The lowest BCUT2D eigenvalue weighted by atomic mass is 9.82. The van der Waals surface area contributed by atoms with Crippen LogP contribution in [0.3, 0.4) is 0 Å². The van der Waals surface area contributed by atoms with Gasteiger partial charge in [0.2, 0.25) is 0 Å². The predicted octanol–water partition coefficient (Wildman–Crippen LogP) is 4.36. The topological polar surface area (TPSA) is 68.5 Å². The number of hydrogen-bond donors (Lipinski definition) is 2. The van der Waals surface area contributed by atoms with E-state index in [2.05, 4.69) is 9.62 Å². The molecule has 160 valence electrons. The van der Waals surface area contributed by atoms with Gasteiger partial charge < -0.3 is 15.2 Å². The maximum Gasteiger partial charge on any atom is 0.144 e. The summed E-state index contributed by atoms with van der Waals surface area (Å²) in [6, 6.07) is 11.4. The van der Waals surface area contributed by atoms with Crippen LogP contribution in [-0.2, 0) is 0 Å². The van der Waals surface area contributed by atoms with Gasteiger partial charge in [-0.3, -0.25) is 0 Å². The smallest absolute Gasteiger partial charge is 0.144 e. The van der Waals surface area contributed by atoms with Crippen LogP contribution in [0, 0.1) is 22.6 Å². The van der Waals surface area contributed by atoms with Crippen molar-refractivity contribution in [3.05, 3.63) is 57.8 Å². The molecule has 1 atom stereocenters. The van der Waals surface area contributed by atoms with E-state index < -0.39 is 5.82 Å². The molecule has 1 unspecified atom stereocenters. The van der Waals surface area contributed by atoms with Crippen LogP contribution >= 0.6 is 35.1 Å². The second-order valence-electron chi connectivity index (χ2n) is 7.47. The summed E-state index contributed by atoms with van der Waals surface area (Å²) >= 11 is 13.8. The zero-order valence-electron chi connectivity index (χ0n) is 16.4. The number of nitrogens with one attached hydrogen (secondary N) is 1. The molecule has 9 heteroatoms. The van der Waals surface area contributed by atoms with Gasteiger partial charge in [-0.25, -0.2) is 8.70 Å². The van der Waals surface area contributed by atoms with Gasteiger partial charge in [-0.05, 0) is 49.2 Å². The van der Waals surface area contributed by atoms with Crippen molar-refractivity contribution in [1.82, 2.24) is 9.62 Å². The molecule has 2 aromatic carbocycles. The van der Waals surface area contributed by atoms with Gasteiger partial charge in [0.1, 0.15) is 17.6 Å². The van der Waals surface area contributed by atoms with Gasteiger partial charge in [-0.15, -0.1) is 0 Å². The zero-order valence-corrected chi connectivity index (χ0v) is 18.7. The molecule has 1 fully saturated rings. The van der Waals surface area contributed by atoms with E-state index in [0.717, 1.165) is 18.0 Å². The second kappa shape index (κ2) is 10.2. The van der Waals surface area contributed by atoms with Crippen LogP contribution < -0.4 is 10.1 Å². The average molecular weight is 470 g/mol. The molecule has 1 saturated heterocycles. The van der Waals surface area contributed by atoms with E-state index in [-0.39, 0.29) is 23.6 Å². The van der Waals surface area contributed by atoms with Crippen LogP contribution in [0.1, 0.15) is 12.5 Å². The Balaban J connectivity index is 1.64. The van der Waals surface area contributed by atoms with Crippen molar-refractivity contribution in [2.75, 3.05) is 32.8 Å². The highest BCUT2D eigenvalue weighted by Gasteiger charge is 2.44. The second-order valence-corrected chi connectivity index (χ2v) is 9.45. The van der Waals surface area contributed by atoms with Crippen LogP contribution in [0.15, 0.2) is 41.3 Å². The minimum absolute atomic E-state index is 0.0124. The van der Waals surface area contributed by atoms with Crippen molar-refractivity contribution in [1.29, 1.82) is 5.26 Å². The van der Waals surface area contributed by atoms with Crippen LogP contribution in [0.5, 0.6) is 5.75 Å². The number of aliphatic hydroxyl groups is 1. The number of nitrogens with zero attached hydrogens (tertiary/aromatic N) is 2. The SMILES string of the molecule is CC(CO)NCC1(COc2ccc(C#N)c(F)c2)CN(Sc2ccc(Cl)cc2Cl)C1. The molecule has 5 nitrogen and oxygen atoms in total. The molecule has 0 spiro atoms. The molecular weight excluding hydrogens is 448 g/mol. The summed E-state index contributed by atoms with van der Waals surface area (Å²) in [6.07, 6.45) is 0. The summed E-state index contributed by atoms with van der Waals surface area (Å²) in [5.74, 6) is -0.216. The number of aliphatic hydroxyl groups excluding tert-OH is 1. The maximum absolute atomic E-state index is 13.9. The molecule has 2 aromatic rings. The molecule has 0 aromatic heterocycles. The number of ether oxygens (including phenoxy) is 1. The lowest BCUT2D eigenvalue weighted by Crippen LogP contribution is -2.61. The summed E-state index contributed by atoms with van der Waals surface area (Å²) in [7, 11) is 0. The average Bonchev–Trinajstić information content (AvgIpc) is 2.70. The highest BCUT2D eigenvalue weighted by atomic mass is 35.5. The minimum Gasteiger partial charge on any atom is -0.493 e. The van der Waals surface area contributed by atoms with E-state index in [1.165, 1.54) is 12.1 Å². The first-order valence-electron chi connectivity index (χ1n) is 9.39. The normalized spacial score (nSPS) is 16.5. The molecule has 1 aliphatic rings. The van der Waals surface area contributed by atoms with Gasteiger partial charge in [-0.1, -0.05) is 23.2 Å². The van der Waals surface area contributed by atoms with Gasteiger partial charge in [0, 0.05) is 47.1 Å². The summed E-state index contributed by atoms with van der Waals surface area (Å²) < 4.78 is 21.9. The van der Waals surface area contributed by atoms with E-state index in [1.54, 1.807) is 36.2 Å². The maximum atomic E-state index is 13.9. The molecular formula is C21H22Cl2FN3O2S. The van der Waals surface area contributed by atoms with Crippen LogP contribution in [0.4, 0.5) is 4.39 Å². The van der Waals surface area contributed by atoms with Crippen molar-refractivity contribution in [2.45, 2.75) is 17.9 Å². The van der Waals surface area contributed by atoms with Crippen molar-refractivity contribution >= 4 is 35.1 Å². The van der Waals surface area contributed by atoms with E-state index in [4.69, 9.17) is 33.2 Å². The fourth-order valence-corrected chi connectivity index (χ4v) is 4.82. The molecule has 1 aliphatic heterocycles. The summed E-state index contributed by atoms with van der Waals surface area (Å²) in [5, 5.41) is 22.7. The Bertz CT molecular complexity index is 935. The van der Waals surface area contributed by atoms with E-state index in [0.29, 0.717) is 28.9 Å². The predicted molar refractivity (Wildman–Crippen MR) is 117 cm³/mol. The molecule has 0 saturated carbocycles. The Morgan fingerprint density at radius 3 is 2.73 bits per heavy atom. The van der Waals surface area contributed by atoms with Crippen LogP contribution in [0.2, 0.25) is 10.0 Å². The third kappa shape index (κ3) is 5.79. The van der Waals surface area contributed by atoms with Gasteiger partial charge in [0.15, 0.2) is 0 Å². The first-order valence-corrected chi connectivity index (χ1v) is 10.9. The third-order valence-corrected chi connectivity index (χ3v) is 6.58. The number of halogens is 3. The fraction of sp³-hybridized carbons (Fsp3) is 0.381. The largest absolute Gasteiger partial charge is 0.493 e. The first kappa shape index (κ1) is 23.1. The quantitative estimate of drug-likeness (QED) is 0.531. The fourth-order valence-electron chi connectivity index (χ4n) is 3.08. The van der Waals surface area contributed by atoms with Gasteiger partial charge in [0.05, 0.1) is 23.8 Å². The van der Waals surface area contributed by atoms with Crippen LogP contribution in [0.25, 0.3) is 0 Å². The summed E-state index contributed by atoms with van der Waals surface area (Å²) in [6.45, 7) is 4.40. The highest BCUT2D eigenvalue weighted by molar-refractivity contribution is 7.97. The highest BCUT2D eigenvalue weighted by Crippen LogP contribution is 2.41. The summed E-state index contributed by atoms with van der Waals surface area (Å²) in [5.41, 5.74) is -0.221. The van der Waals surface area contributed by atoms with Crippen LogP contribution in [-0.4, -0.2) is 48.3 Å². The molecule has 0 bridgehead atoms. The standard InChI is InChI=1S/C21H22Cl2FN3O2S/c1-14(9-28)26-10-21(13-29-17-4-2-15(8-25)19(24)7-17)11-27(12-21)30-20-5-3-16(22)6-18(20)23/h2-7,14,26,28H,9-13H2,1H3. The Hall–Kier alpha value is -1.53. The van der Waals surface area contributed by atoms with Gasteiger partial charge >= 0.3 is 0 Å². The molecule has 0 aliphatic carbocycles. The third-order valence-electron chi connectivity index (χ3n) is 4.85. The van der Waals surface area contributed by atoms with Gasteiger partial charge in [0.25, 0.3) is 0 Å². The van der Waals surface area contributed by atoms with Gasteiger partial charge in [-0.2, -0.15) is 5.26 Å². The Morgan fingerprint density at radius 1 is 1.33 bits per heavy atom. The van der Waals surface area contributed by atoms with Crippen molar-refractivity contribution < 1.29 is 14.2 Å². The monoisotopic (exact) mass is 469 g/mol. The van der Waals surface area contributed by atoms with Crippen molar-refractivity contribution in [3.8, 4) is 11.8 Å². The molecule has 3 rings (SSSR count). The molecule has 30 heavy (non-hydrogen) atoms. The zero-order chi connectivity index (χ0) is 21.7. The lowest BCUT2D eigenvalue weighted by molar-refractivity contribution is 0.0221. The Morgan fingerprint density at radius 2 is 2.10 bits per heavy atom.